The SMILES string of the molecule is COc1ncccc1CNCC1Cn2cc(-c3ccc(C)cc3)nc2CO1. The molecule has 1 unspecified atom stereocenters. The number of ether oxygens (including phenoxy) is 2. The van der Waals surface area contributed by atoms with E-state index < -0.39 is 0 Å². The van der Waals surface area contributed by atoms with E-state index >= 15 is 0 Å². The molecule has 0 radical (unpaired) electrons. The normalized spacial score (nSPS) is 16.1. The molecule has 6 heteroatoms. The molecule has 1 aliphatic heterocycles. The zero-order valence-corrected chi connectivity index (χ0v) is 15.7. The molecular formula is C21H24N4O2. The van der Waals surface area contributed by atoms with E-state index in [0.717, 1.165) is 35.7 Å². The van der Waals surface area contributed by atoms with Gasteiger partial charge in [0.2, 0.25) is 5.88 Å². The third kappa shape index (κ3) is 4.02. The standard InChI is InChI=1S/C21H24N4O2/c1-15-5-7-16(8-6-15)19-13-25-12-18(27-14-20(25)24-19)11-22-10-17-4-3-9-23-21(17)26-2/h3-9,13,18,22H,10-12,14H2,1-2H3. The average molecular weight is 364 g/mol. The van der Waals surface area contributed by atoms with Crippen LogP contribution in [0.15, 0.2) is 48.8 Å². The molecule has 0 amide bonds. The van der Waals surface area contributed by atoms with Crippen LogP contribution in [0.4, 0.5) is 0 Å². The number of nitrogens with zero attached hydrogens (tertiary/aromatic N) is 3. The number of imidazole rings is 1. The molecule has 4 rings (SSSR count). The first-order valence-corrected chi connectivity index (χ1v) is 9.16. The van der Waals surface area contributed by atoms with Crippen molar-refractivity contribution in [2.24, 2.45) is 0 Å². The molecule has 2 aromatic heterocycles. The van der Waals surface area contributed by atoms with Gasteiger partial charge in [0.05, 0.1) is 25.5 Å². The molecule has 1 N–H and O–H groups in total. The van der Waals surface area contributed by atoms with E-state index in [-0.39, 0.29) is 6.10 Å². The van der Waals surface area contributed by atoms with Crippen molar-refractivity contribution in [3.8, 4) is 17.1 Å². The van der Waals surface area contributed by atoms with E-state index in [1.54, 1.807) is 13.3 Å². The minimum absolute atomic E-state index is 0.111. The van der Waals surface area contributed by atoms with E-state index in [1.807, 2.05) is 12.1 Å². The first kappa shape index (κ1) is 17.7. The fourth-order valence-corrected chi connectivity index (χ4v) is 3.29. The molecule has 0 spiro atoms. The van der Waals surface area contributed by atoms with Crippen molar-refractivity contribution in [1.82, 2.24) is 19.9 Å². The molecule has 0 bridgehead atoms. The Kier molecular flexibility index (Phi) is 5.18. The lowest BCUT2D eigenvalue weighted by atomic mass is 10.1. The molecule has 3 aromatic rings. The number of aryl methyl sites for hydroxylation is 1. The Bertz CT molecular complexity index is 905. The van der Waals surface area contributed by atoms with Crippen LogP contribution in [0.2, 0.25) is 0 Å². The smallest absolute Gasteiger partial charge is 0.217 e. The van der Waals surface area contributed by atoms with Crippen molar-refractivity contribution in [2.75, 3.05) is 13.7 Å². The number of hydrogen-bond donors (Lipinski definition) is 1. The van der Waals surface area contributed by atoms with Crippen molar-refractivity contribution >= 4 is 0 Å². The number of nitrogens with one attached hydrogen (secondary N) is 1. The summed E-state index contributed by atoms with van der Waals surface area (Å²) in [6.45, 7) is 4.88. The highest BCUT2D eigenvalue weighted by Gasteiger charge is 2.21. The van der Waals surface area contributed by atoms with Crippen LogP contribution in [-0.4, -0.2) is 34.3 Å². The third-order valence-electron chi connectivity index (χ3n) is 4.79. The van der Waals surface area contributed by atoms with Gasteiger partial charge in [-0.2, -0.15) is 0 Å². The van der Waals surface area contributed by atoms with Crippen molar-refractivity contribution in [1.29, 1.82) is 0 Å². The average Bonchev–Trinajstić information content (AvgIpc) is 3.12. The van der Waals surface area contributed by atoms with Crippen LogP contribution in [0.5, 0.6) is 5.88 Å². The molecular weight excluding hydrogens is 340 g/mol. The van der Waals surface area contributed by atoms with Crippen LogP contribution in [0.3, 0.4) is 0 Å². The molecule has 0 saturated heterocycles. The number of methoxy groups -OCH3 is 1. The quantitative estimate of drug-likeness (QED) is 0.729. The van der Waals surface area contributed by atoms with Gasteiger partial charge in [0.1, 0.15) is 12.4 Å². The minimum Gasteiger partial charge on any atom is -0.481 e. The second-order valence-corrected chi connectivity index (χ2v) is 6.80. The topological polar surface area (TPSA) is 61.2 Å². The van der Waals surface area contributed by atoms with Gasteiger partial charge < -0.3 is 19.4 Å². The largest absolute Gasteiger partial charge is 0.481 e. The van der Waals surface area contributed by atoms with Crippen LogP contribution < -0.4 is 10.1 Å². The lowest BCUT2D eigenvalue weighted by Gasteiger charge is -2.24. The summed E-state index contributed by atoms with van der Waals surface area (Å²) in [5.74, 6) is 1.64. The molecule has 0 saturated carbocycles. The lowest BCUT2D eigenvalue weighted by molar-refractivity contribution is 0.00275. The summed E-state index contributed by atoms with van der Waals surface area (Å²) in [7, 11) is 1.64. The predicted molar refractivity (Wildman–Crippen MR) is 103 cm³/mol. The minimum atomic E-state index is 0.111. The zero-order chi connectivity index (χ0) is 18.6. The number of rotatable bonds is 6. The highest BCUT2D eigenvalue weighted by molar-refractivity contribution is 5.59. The maximum absolute atomic E-state index is 5.97. The van der Waals surface area contributed by atoms with Crippen molar-refractivity contribution < 1.29 is 9.47 Å². The summed E-state index contributed by atoms with van der Waals surface area (Å²) in [6.07, 6.45) is 3.97. The van der Waals surface area contributed by atoms with E-state index in [4.69, 9.17) is 14.5 Å². The van der Waals surface area contributed by atoms with Gasteiger partial charge in [-0.1, -0.05) is 35.9 Å². The number of benzene rings is 1. The Morgan fingerprint density at radius 1 is 1.26 bits per heavy atom. The fraction of sp³-hybridized carbons (Fsp3) is 0.333. The Labute approximate surface area is 159 Å². The van der Waals surface area contributed by atoms with Gasteiger partial charge >= 0.3 is 0 Å². The van der Waals surface area contributed by atoms with Crippen molar-refractivity contribution in [2.45, 2.75) is 32.7 Å². The lowest BCUT2D eigenvalue weighted by Crippen LogP contribution is -2.36. The van der Waals surface area contributed by atoms with E-state index in [2.05, 4.69) is 52.3 Å². The highest BCUT2D eigenvalue weighted by atomic mass is 16.5. The summed E-state index contributed by atoms with van der Waals surface area (Å²) in [4.78, 5) is 8.95. The summed E-state index contributed by atoms with van der Waals surface area (Å²) in [5, 5.41) is 3.44. The van der Waals surface area contributed by atoms with E-state index in [1.165, 1.54) is 5.56 Å². The first-order valence-electron chi connectivity index (χ1n) is 9.16. The summed E-state index contributed by atoms with van der Waals surface area (Å²) in [6, 6.07) is 12.4. The fourth-order valence-electron chi connectivity index (χ4n) is 3.29. The number of hydrogen-bond acceptors (Lipinski definition) is 5. The molecule has 140 valence electrons. The molecule has 3 heterocycles. The summed E-state index contributed by atoms with van der Waals surface area (Å²) < 4.78 is 13.5. The van der Waals surface area contributed by atoms with Gasteiger partial charge in [-0.3, -0.25) is 0 Å². The van der Waals surface area contributed by atoms with Crippen LogP contribution in [0.1, 0.15) is 17.0 Å². The summed E-state index contributed by atoms with van der Waals surface area (Å²) in [5.41, 5.74) is 4.44. The molecule has 0 fully saturated rings. The molecule has 27 heavy (non-hydrogen) atoms. The van der Waals surface area contributed by atoms with E-state index in [9.17, 15) is 0 Å². The molecule has 6 nitrogen and oxygen atoms in total. The Morgan fingerprint density at radius 3 is 2.93 bits per heavy atom. The predicted octanol–water partition coefficient (Wildman–Crippen LogP) is 2.95. The van der Waals surface area contributed by atoms with Gasteiger partial charge in [0.15, 0.2) is 0 Å². The van der Waals surface area contributed by atoms with Crippen LogP contribution in [0.25, 0.3) is 11.3 Å². The van der Waals surface area contributed by atoms with E-state index in [0.29, 0.717) is 19.0 Å². The third-order valence-corrected chi connectivity index (χ3v) is 4.79. The maximum atomic E-state index is 5.97. The first-order chi connectivity index (χ1) is 13.2. The molecule has 1 atom stereocenters. The molecule has 1 aliphatic rings. The molecule has 0 aliphatic carbocycles. The van der Waals surface area contributed by atoms with Gasteiger partial charge in [-0.15, -0.1) is 0 Å². The van der Waals surface area contributed by atoms with Gasteiger partial charge in [-0.05, 0) is 13.0 Å². The number of aromatic nitrogens is 3. The van der Waals surface area contributed by atoms with Gasteiger partial charge in [-0.25, -0.2) is 9.97 Å². The van der Waals surface area contributed by atoms with Crippen LogP contribution >= 0.6 is 0 Å². The zero-order valence-electron chi connectivity index (χ0n) is 15.7. The highest BCUT2D eigenvalue weighted by Crippen LogP contribution is 2.22. The van der Waals surface area contributed by atoms with Crippen LogP contribution in [-0.2, 0) is 24.4 Å². The Hall–Kier alpha value is -2.70. The second kappa shape index (κ2) is 7.90. The Balaban J connectivity index is 1.36. The van der Waals surface area contributed by atoms with Crippen LogP contribution in [0, 0.1) is 6.92 Å². The van der Waals surface area contributed by atoms with Crippen molar-refractivity contribution in [3.05, 3.63) is 65.7 Å². The monoisotopic (exact) mass is 364 g/mol. The second-order valence-electron chi connectivity index (χ2n) is 6.80. The molecule has 1 aromatic carbocycles. The maximum Gasteiger partial charge on any atom is 0.217 e. The Morgan fingerprint density at radius 2 is 2.11 bits per heavy atom. The summed E-state index contributed by atoms with van der Waals surface area (Å²) >= 11 is 0. The van der Waals surface area contributed by atoms with Crippen molar-refractivity contribution in [3.63, 3.8) is 0 Å². The number of pyridine rings is 1. The van der Waals surface area contributed by atoms with Gasteiger partial charge in [0.25, 0.3) is 0 Å². The number of fused-ring (bicyclic) bond motifs is 1. The van der Waals surface area contributed by atoms with Gasteiger partial charge in [0, 0.05) is 36.6 Å².